The van der Waals surface area contributed by atoms with Crippen LogP contribution in [0.5, 0.6) is 0 Å². The second-order valence-corrected chi connectivity index (χ2v) is 5.08. The van der Waals surface area contributed by atoms with E-state index in [2.05, 4.69) is 18.8 Å². The molecule has 1 nitrogen and oxygen atoms in total. The fraction of sp³-hybridized carbons (Fsp3) is 0.500. The molecule has 2 aromatic rings. The molecule has 0 aliphatic heterocycles. The standard InChI is InChI=1S/C10H10FNS.C4H10/c1-5-6(2)12-7(3)10-9(5)8(11)4-13-10;1-3-4-2/h4H,1-3H3;3-4H2,1-2H3. The van der Waals surface area contributed by atoms with Crippen LogP contribution in [0.25, 0.3) is 10.1 Å². The predicted octanol–water partition coefficient (Wildman–Crippen LogP) is 5.17. The van der Waals surface area contributed by atoms with E-state index in [1.165, 1.54) is 24.2 Å². The first-order chi connectivity index (χ1) is 8.02. The first kappa shape index (κ1) is 14.1. The monoisotopic (exact) mass is 253 g/mol. The van der Waals surface area contributed by atoms with E-state index in [9.17, 15) is 4.39 Å². The summed E-state index contributed by atoms with van der Waals surface area (Å²) in [6.45, 7) is 10.1. The first-order valence-electron chi connectivity index (χ1n) is 6.03. The average molecular weight is 253 g/mol. The molecule has 0 N–H and O–H groups in total. The van der Waals surface area contributed by atoms with Gasteiger partial charge in [0.05, 0.1) is 10.4 Å². The van der Waals surface area contributed by atoms with Crippen molar-refractivity contribution in [3.8, 4) is 0 Å². The van der Waals surface area contributed by atoms with E-state index in [1.807, 2.05) is 20.8 Å². The number of pyridine rings is 1. The Morgan fingerprint density at radius 2 is 1.71 bits per heavy atom. The Hall–Kier alpha value is -0.960. The molecule has 2 rings (SSSR count). The lowest BCUT2D eigenvalue weighted by atomic mass is 10.1. The van der Waals surface area contributed by atoms with Gasteiger partial charge in [-0.25, -0.2) is 4.39 Å². The number of hydrogen-bond acceptors (Lipinski definition) is 2. The van der Waals surface area contributed by atoms with Crippen molar-refractivity contribution in [1.29, 1.82) is 0 Å². The van der Waals surface area contributed by atoms with Crippen molar-refractivity contribution < 1.29 is 4.39 Å². The third kappa shape index (κ3) is 3.03. The van der Waals surface area contributed by atoms with E-state index in [1.54, 1.807) is 5.38 Å². The van der Waals surface area contributed by atoms with Gasteiger partial charge < -0.3 is 0 Å². The molecule has 3 heteroatoms. The Morgan fingerprint density at radius 1 is 1.12 bits per heavy atom. The molecule has 94 valence electrons. The molecule has 0 radical (unpaired) electrons. The zero-order chi connectivity index (χ0) is 13.0. The van der Waals surface area contributed by atoms with E-state index in [4.69, 9.17) is 0 Å². The highest BCUT2D eigenvalue weighted by Crippen LogP contribution is 2.30. The molecule has 0 aliphatic carbocycles. The second-order valence-electron chi connectivity index (χ2n) is 4.20. The number of fused-ring (bicyclic) bond motifs is 1. The molecule has 0 unspecified atom stereocenters. The van der Waals surface area contributed by atoms with Crippen molar-refractivity contribution in [1.82, 2.24) is 4.98 Å². The summed E-state index contributed by atoms with van der Waals surface area (Å²) in [7, 11) is 0. The maximum atomic E-state index is 13.3. The molecule has 0 fully saturated rings. The van der Waals surface area contributed by atoms with Gasteiger partial charge in [-0.1, -0.05) is 26.7 Å². The van der Waals surface area contributed by atoms with Crippen molar-refractivity contribution in [2.45, 2.75) is 47.5 Å². The molecule has 0 atom stereocenters. The van der Waals surface area contributed by atoms with E-state index in [-0.39, 0.29) is 5.82 Å². The van der Waals surface area contributed by atoms with Crippen LogP contribution in [0.4, 0.5) is 4.39 Å². The maximum Gasteiger partial charge on any atom is 0.142 e. The Bertz CT molecular complexity index is 500. The van der Waals surface area contributed by atoms with Crippen molar-refractivity contribution in [3.63, 3.8) is 0 Å². The smallest absolute Gasteiger partial charge is 0.142 e. The number of unbranched alkanes of at least 4 members (excludes halogenated alkanes) is 1. The number of halogens is 1. The molecule has 2 heterocycles. The molecule has 0 bridgehead atoms. The minimum absolute atomic E-state index is 0.119. The van der Waals surface area contributed by atoms with Gasteiger partial charge in [-0.3, -0.25) is 4.98 Å². The van der Waals surface area contributed by atoms with Crippen LogP contribution < -0.4 is 0 Å². The summed E-state index contributed by atoms with van der Waals surface area (Å²) in [6, 6.07) is 0. The highest BCUT2D eigenvalue weighted by atomic mass is 32.1. The zero-order valence-corrected chi connectivity index (χ0v) is 12.0. The minimum atomic E-state index is -0.119. The molecule has 2 aromatic heterocycles. The number of aryl methyl sites for hydroxylation is 3. The third-order valence-electron chi connectivity index (χ3n) is 2.83. The topological polar surface area (TPSA) is 12.9 Å². The summed E-state index contributed by atoms with van der Waals surface area (Å²) < 4.78 is 14.3. The summed E-state index contributed by atoms with van der Waals surface area (Å²) in [4.78, 5) is 4.36. The molecule has 0 aliphatic rings. The summed E-state index contributed by atoms with van der Waals surface area (Å²) in [5.74, 6) is -0.119. The fourth-order valence-electron chi connectivity index (χ4n) is 1.52. The number of thiophene rings is 1. The van der Waals surface area contributed by atoms with Crippen LogP contribution in [0.1, 0.15) is 43.6 Å². The molecule has 0 saturated heterocycles. The Kier molecular flexibility index (Phi) is 5.06. The van der Waals surface area contributed by atoms with E-state index < -0.39 is 0 Å². The Labute approximate surface area is 107 Å². The van der Waals surface area contributed by atoms with Crippen molar-refractivity contribution in [2.75, 3.05) is 0 Å². The zero-order valence-electron chi connectivity index (χ0n) is 11.2. The molecular weight excluding hydrogens is 233 g/mol. The predicted molar refractivity (Wildman–Crippen MR) is 74.4 cm³/mol. The average Bonchev–Trinajstić information content (AvgIpc) is 2.69. The van der Waals surface area contributed by atoms with Gasteiger partial charge in [0.2, 0.25) is 0 Å². The highest BCUT2D eigenvalue weighted by molar-refractivity contribution is 7.17. The molecule has 0 aromatic carbocycles. The van der Waals surface area contributed by atoms with Crippen LogP contribution in [-0.2, 0) is 0 Å². The number of nitrogens with zero attached hydrogens (tertiary/aromatic N) is 1. The van der Waals surface area contributed by atoms with Crippen LogP contribution in [0.15, 0.2) is 5.38 Å². The van der Waals surface area contributed by atoms with E-state index >= 15 is 0 Å². The lowest BCUT2D eigenvalue weighted by Crippen LogP contribution is -1.91. The second kappa shape index (κ2) is 6.10. The van der Waals surface area contributed by atoms with E-state index in [0.717, 1.165) is 27.0 Å². The van der Waals surface area contributed by atoms with Gasteiger partial charge in [0.15, 0.2) is 0 Å². The highest BCUT2D eigenvalue weighted by Gasteiger charge is 2.11. The molecule has 0 spiro atoms. The normalized spacial score (nSPS) is 10.2. The lowest BCUT2D eigenvalue weighted by molar-refractivity contribution is 0.643. The summed E-state index contributed by atoms with van der Waals surface area (Å²) in [5.41, 5.74) is 2.80. The van der Waals surface area contributed by atoms with E-state index in [0.29, 0.717) is 0 Å². The van der Waals surface area contributed by atoms with Crippen molar-refractivity contribution in [2.24, 2.45) is 0 Å². The van der Waals surface area contributed by atoms with Crippen molar-refractivity contribution in [3.05, 3.63) is 28.1 Å². The molecule has 0 saturated carbocycles. The van der Waals surface area contributed by atoms with Crippen molar-refractivity contribution >= 4 is 21.4 Å². The summed E-state index contributed by atoms with van der Waals surface area (Å²) in [6.07, 6.45) is 2.64. The number of rotatable bonds is 1. The molecular formula is C14H20FNS. The van der Waals surface area contributed by atoms with Crippen LogP contribution in [-0.4, -0.2) is 4.98 Å². The van der Waals surface area contributed by atoms with Crippen LogP contribution >= 0.6 is 11.3 Å². The summed E-state index contributed by atoms with van der Waals surface area (Å²) in [5, 5.41) is 2.29. The maximum absolute atomic E-state index is 13.3. The van der Waals surface area contributed by atoms with Crippen LogP contribution in [0, 0.1) is 26.6 Å². The van der Waals surface area contributed by atoms with Gasteiger partial charge in [-0.05, 0) is 26.3 Å². The van der Waals surface area contributed by atoms with Gasteiger partial charge in [0.25, 0.3) is 0 Å². The third-order valence-corrected chi connectivity index (χ3v) is 3.89. The van der Waals surface area contributed by atoms with Crippen LogP contribution in [0.3, 0.4) is 0 Å². The Balaban J connectivity index is 0.000000317. The SMILES string of the molecule is CCCC.Cc1nc(C)c2scc(F)c2c1C. The lowest BCUT2D eigenvalue weighted by Gasteiger charge is -2.03. The minimum Gasteiger partial charge on any atom is -0.257 e. The van der Waals surface area contributed by atoms with Gasteiger partial charge in [0, 0.05) is 16.5 Å². The van der Waals surface area contributed by atoms with Gasteiger partial charge in [0.1, 0.15) is 5.82 Å². The first-order valence-corrected chi connectivity index (χ1v) is 6.91. The number of hydrogen-bond donors (Lipinski definition) is 0. The molecule has 17 heavy (non-hydrogen) atoms. The van der Waals surface area contributed by atoms with Gasteiger partial charge in [-0.15, -0.1) is 11.3 Å². The van der Waals surface area contributed by atoms with Gasteiger partial charge in [-0.2, -0.15) is 0 Å². The van der Waals surface area contributed by atoms with Gasteiger partial charge >= 0.3 is 0 Å². The number of aromatic nitrogens is 1. The molecule has 0 amide bonds. The largest absolute Gasteiger partial charge is 0.257 e. The Morgan fingerprint density at radius 3 is 2.24 bits per heavy atom. The van der Waals surface area contributed by atoms with Crippen LogP contribution in [0.2, 0.25) is 0 Å². The summed E-state index contributed by atoms with van der Waals surface area (Å²) >= 11 is 1.43. The fourth-order valence-corrected chi connectivity index (χ4v) is 2.44. The quantitative estimate of drug-likeness (QED) is 0.683.